The zero-order valence-electron chi connectivity index (χ0n) is 14.5. The lowest BCUT2D eigenvalue weighted by Gasteiger charge is -2.41. The van der Waals surface area contributed by atoms with Crippen molar-refractivity contribution in [3.8, 4) is 23.0 Å². The number of rotatable bonds is 4. The van der Waals surface area contributed by atoms with Crippen molar-refractivity contribution in [2.24, 2.45) is 0 Å². The number of methoxy groups -OCH3 is 1. The Morgan fingerprint density at radius 3 is 2.39 bits per heavy atom. The van der Waals surface area contributed by atoms with E-state index in [1.54, 1.807) is 0 Å². The van der Waals surface area contributed by atoms with Crippen LogP contribution >= 0.6 is 0 Å². The number of hydrogen-bond acceptors (Lipinski definition) is 12. The molecule has 28 heavy (non-hydrogen) atoms. The first-order valence-electron chi connectivity index (χ1n) is 8.19. The summed E-state index contributed by atoms with van der Waals surface area (Å²) in [7, 11) is 1.20. The molecule has 156 valence electrons. The van der Waals surface area contributed by atoms with E-state index < -0.39 is 78.3 Å². The minimum absolute atomic E-state index is 0.204. The Morgan fingerprint density at radius 2 is 1.79 bits per heavy atom. The fraction of sp³-hybridized carbons (Fsp3) is 0.562. The molecule has 0 spiro atoms. The van der Waals surface area contributed by atoms with Crippen molar-refractivity contribution in [2.45, 2.75) is 43.1 Å². The highest BCUT2D eigenvalue weighted by Gasteiger charge is 2.49. The minimum Gasteiger partial charge on any atom is -0.507 e. The third kappa shape index (κ3) is 3.24. The second-order valence-electron chi connectivity index (χ2n) is 6.28. The molecule has 1 fully saturated rings. The average Bonchev–Trinajstić information content (AvgIpc) is 2.67. The van der Waals surface area contributed by atoms with E-state index in [0.717, 1.165) is 6.07 Å². The molecule has 12 heteroatoms. The maximum absolute atomic E-state index is 12.7. The van der Waals surface area contributed by atoms with Crippen molar-refractivity contribution < 1.29 is 59.5 Å². The second-order valence-corrected chi connectivity index (χ2v) is 6.28. The van der Waals surface area contributed by atoms with Gasteiger partial charge < -0.3 is 54.7 Å². The van der Waals surface area contributed by atoms with Crippen molar-refractivity contribution in [1.82, 2.24) is 0 Å². The van der Waals surface area contributed by atoms with Gasteiger partial charge in [0.25, 0.3) is 0 Å². The first-order chi connectivity index (χ1) is 13.2. The molecular weight excluding hydrogens is 384 g/mol. The molecule has 0 saturated carbocycles. The molecule has 2 aliphatic rings. The number of fused-ring (bicyclic) bond motifs is 1. The van der Waals surface area contributed by atoms with E-state index in [-0.39, 0.29) is 5.75 Å². The number of aliphatic hydroxyl groups excluding tert-OH is 5. The molecule has 3 rings (SSSR count). The molecule has 1 aromatic carbocycles. The Hall–Kier alpha value is -2.19. The van der Waals surface area contributed by atoms with E-state index in [2.05, 4.69) is 0 Å². The zero-order valence-corrected chi connectivity index (χ0v) is 14.5. The van der Waals surface area contributed by atoms with Gasteiger partial charge in [0.15, 0.2) is 23.9 Å². The van der Waals surface area contributed by atoms with E-state index in [1.807, 2.05) is 0 Å². The van der Waals surface area contributed by atoms with Crippen molar-refractivity contribution in [3.05, 3.63) is 11.6 Å². The van der Waals surface area contributed by atoms with Gasteiger partial charge in [0, 0.05) is 6.07 Å². The molecule has 7 N–H and O–H groups in total. The zero-order chi connectivity index (χ0) is 20.7. The van der Waals surface area contributed by atoms with Gasteiger partial charge in [-0.2, -0.15) is 0 Å². The molecule has 0 aromatic heterocycles. The van der Waals surface area contributed by atoms with E-state index in [1.165, 1.54) is 7.11 Å². The lowest BCUT2D eigenvalue weighted by Crippen LogP contribution is -2.61. The van der Waals surface area contributed by atoms with Crippen LogP contribution in [-0.4, -0.2) is 98.3 Å². The summed E-state index contributed by atoms with van der Waals surface area (Å²) in [4.78, 5) is 12.7. The molecule has 0 aliphatic carbocycles. The predicted octanol–water partition coefficient (Wildman–Crippen LogP) is -2.81. The fourth-order valence-electron chi connectivity index (χ4n) is 3.03. The van der Waals surface area contributed by atoms with Crippen LogP contribution in [0.25, 0.3) is 0 Å². The van der Waals surface area contributed by atoms with Crippen LogP contribution in [0.4, 0.5) is 0 Å². The van der Waals surface area contributed by atoms with E-state index >= 15 is 0 Å². The van der Waals surface area contributed by atoms with Gasteiger partial charge in [0.05, 0.1) is 13.7 Å². The average molecular weight is 404 g/mol. The number of aromatic hydroxyl groups is 2. The Kier molecular flexibility index (Phi) is 5.63. The number of phenolic OH excluding ortho intramolecular Hbond substituents is 2. The molecule has 0 bridgehead atoms. The van der Waals surface area contributed by atoms with Crippen LogP contribution in [0, 0.1) is 0 Å². The van der Waals surface area contributed by atoms with Crippen LogP contribution in [0.2, 0.25) is 0 Å². The number of ether oxygens (including phenoxy) is 4. The first-order valence-corrected chi connectivity index (χ1v) is 8.19. The van der Waals surface area contributed by atoms with Crippen LogP contribution < -0.4 is 9.47 Å². The van der Waals surface area contributed by atoms with E-state index in [0.29, 0.717) is 0 Å². The molecule has 1 aromatic rings. The monoisotopic (exact) mass is 404 g/mol. The van der Waals surface area contributed by atoms with Gasteiger partial charge in [-0.25, -0.2) is 0 Å². The highest BCUT2D eigenvalue weighted by Crippen LogP contribution is 2.47. The standard InChI is InChI=1S/C16H20O12/c1-25-5-2-4(18)7-10(21)14(15(24)27-13(7)9(5)20)28-16-12(23)11(22)8(19)6(3-17)26-16/h2,6,8,11-12,14-20,22-24H,3H2,1H3. The fourth-order valence-corrected chi connectivity index (χ4v) is 3.03. The van der Waals surface area contributed by atoms with Gasteiger partial charge in [-0.3, -0.25) is 4.79 Å². The minimum atomic E-state index is -1.98. The summed E-state index contributed by atoms with van der Waals surface area (Å²) in [5, 5.41) is 69.0. The normalized spacial score (nSPS) is 35.2. The van der Waals surface area contributed by atoms with Gasteiger partial charge in [-0.05, 0) is 0 Å². The molecule has 0 amide bonds. The molecule has 2 aliphatic heterocycles. The third-order valence-corrected chi connectivity index (χ3v) is 4.55. The summed E-state index contributed by atoms with van der Waals surface area (Å²) >= 11 is 0. The first kappa shape index (κ1) is 20.5. The molecule has 0 radical (unpaired) electrons. The quantitative estimate of drug-likeness (QED) is 0.255. The number of aliphatic hydroxyl groups is 5. The number of carbonyl (C=O) groups is 1. The SMILES string of the molecule is COc1cc(O)c2c(c1O)OC(O)C(OC1OC(CO)C(O)C(O)C1O)C2=O. The number of Topliss-reactive ketones (excluding diaryl/α,β-unsaturated/α-hetero) is 1. The maximum atomic E-state index is 12.7. The van der Waals surface area contributed by atoms with Crippen LogP contribution in [0.1, 0.15) is 10.4 Å². The van der Waals surface area contributed by atoms with Gasteiger partial charge in [-0.1, -0.05) is 0 Å². The van der Waals surface area contributed by atoms with Gasteiger partial charge >= 0.3 is 0 Å². The van der Waals surface area contributed by atoms with Gasteiger partial charge in [0.2, 0.25) is 17.8 Å². The second kappa shape index (κ2) is 7.67. The molecule has 12 nitrogen and oxygen atoms in total. The smallest absolute Gasteiger partial charge is 0.231 e. The summed E-state index contributed by atoms with van der Waals surface area (Å²) < 4.78 is 20.2. The van der Waals surface area contributed by atoms with Crippen LogP contribution in [0.3, 0.4) is 0 Å². The number of carbonyl (C=O) groups excluding carboxylic acids is 1. The van der Waals surface area contributed by atoms with Crippen molar-refractivity contribution in [2.75, 3.05) is 13.7 Å². The van der Waals surface area contributed by atoms with E-state index in [9.17, 15) is 40.5 Å². The summed E-state index contributed by atoms with van der Waals surface area (Å²) in [6, 6.07) is 0.956. The van der Waals surface area contributed by atoms with Crippen LogP contribution in [-0.2, 0) is 9.47 Å². The molecule has 2 heterocycles. The van der Waals surface area contributed by atoms with Crippen LogP contribution in [0.15, 0.2) is 6.07 Å². The maximum Gasteiger partial charge on any atom is 0.231 e. The highest BCUT2D eigenvalue weighted by atomic mass is 16.7. The number of hydrogen-bond donors (Lipinski definition) is 7. The Morgan fingerprint density at radius 1 is 1.11 bits per heavy atom. The summed E-state index contributed by atoms with van der Waals surface area (Å²) in [6.07, 6.45) is -12.1. The molecule has 1 saturated heterocycles. The van der Waals surface area contributed by atoms with Crippen LogP contribution in [0.5, 0.6) is 23.0 Å². The molecule has 7 atom stereocenters. The Bertz CT molecular complexity index is 750. The highest BCUT2D eigenvalue weighted by molar-refractivity contribution is 6.06. The number of benzene rings is 1. The van der Waals surface area contributed by atoms with Gasteiger partial charge in [-0.15, -0.1) is 0 Å². The largest absolute Gasteiger partial charge is 0.507 e. The number of phenols is 2. The van der Waals surface area contributed by atoms with Crippen molar-refractivity contribution in [1.29, 1.82) is 0 Å². The summed E-state index contributed by atoms with van der Waals surface area (Å²) in [6.45, 7) is -0.722. The summed E-state index contributed by atoms with van der Waals surface area (Å²) in [5.41, 5.74) is -0.502. The topological polar surface area (TPSA) is 196 Å². The molecular formula is C16H20O12. The Balaban J connectivity index is 1.89. The predicted molar refractivity (Wildman–Crippen MR) is 85.9 cm³/mol. The van der Waals surface area contributed by atoms with Crippen molar-refractivity contribution in [3.63, 3.8) is 0 Å². The third-order valence-electron chi connectivity index (χ3n) is 4.55. The van der Waals surface area contributed by atoms with E-state index in [4.69, 9.17) is 18.9 Å². The summed E-state index contributed by atoms with van der Waals surface area (Å²) in [5.74, 6) is -2.99. The van der Waals surface area contributed by atoms with Gasteiger partial charge in [0.1, 0.15) is 35.7 Å². The molecule has 7 unspecified atom stereocenters. The number of ketones is 1. The Labute approximate surface area is 157 Å². The lowest BCUT2D eigenvalue weighted by molar-refractivity contribution is -0.318. The lowest BCUT2D eigenvalue weighted by atomic mass is 9.97. The van der Waals surface area contributed by atoms with Crippen molar-refractivity contribution >= 4 is 5.78 Å².